The first-order valence-electron chi connectivity index (χ1n) is 6.99. The zero-order valence-corrected chi connectivity index (χ0v) is 14.9. The number of hydrogen-bond donors (Lipinski definition) is 1. The van der Waals surface area contributed by atoms with Gasteiger partial charge in [0.05, 0.1) is 11.8 Å². The van der Waals surface area contributed by atoms with E-state index in [1.54, 1.807) is 17.5 Å². The van der Waals surface area contributed by atoms with Crippen molar-refractivity contribution in [2.45, 2.75) is 12.5 Å². The molecule has 126 valence electrons. The van der Waals surface area contributed by atoms with E-state index in [0.717, 1.165) is 5.56 Å². The van der Waals surface area contributed by atoms with Crippen LogP contribution in [-0.4, -0.2) is 51.8 Å². The Hall–Kier alpha value is -0.370. The van der Waals surface area contributed by atoms with Crippen LogP contribution in [0, 0.1) is 0 Å². The molecule has 1 aliphatic rings. The van der Waals surface area contributed by atoms with E-state index in [1.807, 2.05) is 18.2 Å². The number of methoxy groups -OCH3 is 1. The number of benzene rings is 1. The first kappa shape index (κ1) is 19.7. The number of nitrogens with zero attached hydrogens (tertiary/aromatic N) is 1. The summed E-state index contributed by atoms with van der Waals surface area (Å²) in [4.78, 5) is 0. The van der Waals surface area contributed by atoms with Crippen LogP contribution in [0.4, 0.5) is 0 Å². The van der Waals surface area contributed by atoms with Crippen molar-refractivity contribution in [1.82, 2.24) is 9.62 Å². The van der Waals surface area contributed by atoms with Gasteiger partial charge in [0.1, 0.15) is 0 Å². The number of halogens is 2. The van der Waals surface area contributed by atoms with Gasteiger partial charge in [-0.05, 0) is 24.1 Å². The summed E-state index contributed by atoms with van der Waals surface area (Å²) in [6, 6.07) is 7.18. The molecule has 0 amide bonds. The van der Waals surface area contributed by atoms with Crippen LogP contribution in [-0.2, 0) is 14.8 Å². The van der Waals surface area contributed by atoms with Crippen molar-refractivity contribution in [2.24, 2.45) is 0 Å². The van der Waals surface area contributed by atoms with Gasteiger partial charge in [-0.2, -0.15) is 4.31 Å². The quantitative estimate of drug-likeness (QED) is 0.780. The monoisotopic (exact) mass is 368 g/mol. The highest BCUT2D eigenvalue weighted by Crippen LogP contribution is 2.27. The Morgan fingerprint density at radius 2 is 2.23 bits per heavy atom. The van der Waals surface area contributed by atoms with Crippen LogP contribution in [0.3, 0.4) is 0 Å². The van der Waals surface area contributed by atoms with Crippen molar-refractivity contribution in [3.63, 3.8) is 0 Å². The van der Waals surface area contributed by atoms with E-state index in [-0.39, 0.29) is 24.2 Å². The van der Waals surface area contributed by atoms with Crippen molar-refractivity contribution >= 4 is 34.0 Å². The van der Waals surface area contributed by atoms with E-state index in [1.165, 1.54) is 0 Å². The van der Waals surface area contributed by atoms with E-state index >= 15 is 0 Å². The Morgan fingerprint density at radius 3 is 2.91 bits per heavy atom. The molecular formula is C14H22Cl2N2O3S. The Labute approximate surface area is 143 Å². The van der Waals surface area contributed by atoms with Gasteiger partial charge in [-0.25, -0.2) is 8.42 Å². The first-order chi connectivity index (χ1) is 10.0. The summed E-state index contributed by atoms with van der Waals surface area (Å²) in [5.41, 5.74) is 0.921. The van der Waals surface area contributed by atoms with E-state index in [0.29, 0.717) is 37.7 Å². The third kappa shape index (κ3) is 5.08. The van der Waals surface area contributed by atoms with Crippen LogP contribution in [0.15, 0.2) is 24.3 Å². The van der Waals surface area contributed by atoms with Crippen LogP contribution in [0.5, 0.6) is 0 Å². The average molecular weight is 369 g/mol. The largest absolute Gasteiger partial charge is 0.385 e. The Morgan fingerprint density at radius 1 is 1.45 bits per heavy atom. The predicted octanol–water partition coefficient (Wildman–Crippen LogP) is 2.07. The molecule has 1 aromatic carbocycles. The van der Waals surface area contributed by atoms with E-state index in [9.17, 15) is 8.42 Å². The molecule has 0 aliphatic carbocycles. The molecule has 1 saturated heterocycles. The van der Waals surface area contributed by atoms with Gasteiger partial charge in [0.25, 0.3) is 0 Å². The Bertz CT molecular complexity index is 569. The van der Waals surface area contributed by atoms with E-state index in [4.69, 9.17) is 16.3 Å². The second kappa shape index (κ2) is 9.05. The molecule has 1 heterocycles. The number of ether oxygens (including phenoxy) is 1. The molecule has 5 nitrogen and oxygen atoms in total. The highest BCUT2D eigenvalue weighted by atomic mass is 35.5. The fourth-order valence-corrected chi connectivity index (χ4v) is 4.39. The molecule has 1 unspecified atom stereocenters. The number of rotatable bonds is 6. The molecule has 1 fully saturated rings. The third-order valence-electron chi connectivity index (χ3n) is 3.54. The molecule has 0 radical (unpaired) electrons. The summed E-state index contributed by atoms with van der Waals surface area (Å²) in [6.07, 6.45) is 0.505. The minimum Gasteiger partial charge on any atom is -0.385 e. The van der Waals surface area contributed by atoms with Crippen LogP contribution >= 0.6 is 24.0 Å². The summed E-state index contributed by atoms with van der Waals surface area (Å²) in [5, 5.41) is 3.87. The maximum atomic E-state index is 12.5. The van der Waals surface area contributed by atoms with Crippen molar-refractivity contribution in [2.75, 3.05) is 39.1 Å². The summed E-state index contributed by atoms with van der Waals surface area (Å²) >= 11 is 6.02. The fraction of sp³-hybridized carbons (Fsp3) is 0.571. The smallest absolute Gasteiger partial charge is 0.214 e. The summed E-state index contributed by atoms with van der Waals surface area (Å²) in [5.74, 6) is 0.109. The summed E-state index contributed by atoms with van der Waals surface area (Å²) in [7, 11) is -1.72. The zero-order valence-electron chi connectivity index (χ0n) is 12.5. The van der Waals surface area contributed by atoms with Gasteiger partial charge in [0.2, 0.25) is 10.0 Å². The van der Waals surface area contributed by atoms with Crippen molar-refractivity contribution in [3.05, 3.63) is 34.9 Å². The fourth-order valence-electron chi connectivity index (χ4n) is 2.52. The van der Waals surface area contributed by atoms with Gasteiger partial charge < -0.3 is 10.1 Å². The van der Waals surface area contributed by atoms with Crippen molar-refractivity contribution in [1.29, 1.82) is 0 Å². The van der Waals surface area contributed by atoms with Gasteiger partial charge in [-0.3, -0.25) is 0 Å². The number of nitrogens with one attached hydrogen (secondary N) is 1. The molecule has 1 N–H and O–H groups in total. The van der Waals surface area contributed by atoms with E-state index in [2.05, 4.69) is 5.32 Å². The van der Waals surface area contributed by atoms with Gasteiger partial charge in [-0.1, -0.05) is 23.7 Å². The lowest BCUT2D eigenvalue weighted by Gasteiger charge is -2.35. The molecule has 22 heavy (non-hydrogen) atoms. The molecule has 1 aliphatic heterocycles. The Kier molecular flexibility index (Phi) is 8.10. The molecule has 2 rings (SSSR count). The zero-order chi connectivity index (χ0) is 15.3. The standard InChI is InChI=1S/C14H21ClN2O3S.ClH/c1-20-8-3-9-21(18,19)17-7-6-16-11-14(17)12-4-2-5-13(15)10-12;/h2,4-5,10,14,16H,3,6-9,11H2,1H3;1H. The topological polar surface area (TPSA) is 58.6 Å². The molecule has 0 aromatic heterocycles. The van der Waals surface area contributed by atoms with Crippen LogP contribution in [0.25, 0.3) is 0 Å². The number of piperazine rings is 1. The molecule has 8 heteroatoms. The first-order valence-corrected chi connectivity index (χ1v) is 8.98. The van der Waals surface area contributed by atoms with E-state index < -0.39 is 10.0 Å². The van der Waals surface area contributed by atoms with Gasteiger partial charge >= 0.3 is 0 Å². The minimum absolute atomic E-state index is 0. The molecule has 0 bridgehead atoms. The molecule has 1 atom stereocenters. The highest BCUT2D eigenvalue weighted by Gasteiger charge is 2.32. The highest BCUT2D eigenvalue weighted by molar-refractivity contribution is 7.89. The molecule has 0 saturated carbocycles. The lowest BCUT2D eigenvalue weighted by molar-refractivity contribution is 0.198. The van der Waals surface area contributed by atoms with Crippen LogP contribution in [0.1, 0.15) is 18.0 Å². The average Bonchev–Trinajstić information content (AvgIpc) is 2.47. The maximum Gasteiger partial charge on any atom is 0.214 e. The van der Waals surface area contributed by atoms with Gasteiger partial charge in [-0.15, -0.1) is 12.4 Å². The maximum absolute atomic E-state index is 12.5. The number of sulfonamides is 1. The molecular weight excluding hydrogens is 347 g/mol. The van der Waals surface area contributed by atoms with Gasteiger partial charge in [0, 0.05) is 38.4 Å². The second-order valence-electron chi connectivity index (χ2n) is 5.05. The summed E-state index contributed by atoms with van der Waals surface area (Å²) < 4.78 is 31.6. The normalized spacial score (nSPS) is 19.6. The number of hydrogen-bond acceptors (Lipinski definition) is 4. The lowest BCUT2D eigenvalue weighted by Crippen LogP contribution is -2.49. The minimum atomic E-state index is -3.30. The predicted molar refractivity (Wildman–Crippen MR) is 91.3 cm³/mol. The Balaban J connectivity index is 0.00000242. The van der Waals surface area contributed by atoms with Gasteiger partial charge in [0.15, 0.2) is 0 Å². The SMILES string of the molecule is COCCCS(=O)(=O)N1CCNCC1c1cccc(Cl)c1.Cl. The van der Waals surface area contributed by atoms with Crippen LogP contribution in [0.2, 0.25) is 5.02 Å². The molecule has 0 spiro atoms. The third-order valence-corrected chi connectivity index (χ3v) is 5.73. The van der Waals surface area contributed by atoms with Crippen molar-refractivity contribution in [3.8, 4) is 0 Å². The van der Waals surface area contributed by atoms with Crippen molar-refractivity contribution < 1.29 is 13.2 Å². The second-order valence-corrected chi connectivity index (χ2v) is 7.53. The molecule has 1 aromatic rings. The van der Waals surface area contributed by atoms with Crippen LogP contribution < -0.4 is 5.32 Å². The lowest BCUT2D eigenvalue weighted by atomic mass is 10.1. The summed E-state index contributed by atoms with van der Waals surface area (Å²) in [6.45, 7) is 2.20.